The van der Waals surface area contributed by atoms with Gasteiger partial charge in [0.2, 0.25) is 0 Å². The molecule has 0 radical (unpaired) electrons. The van der Waals surface area contributed by atoms with Gasteiger partial charge in [0.15, 0.2) is 0 Å². The van der Waals surface area contributed by atoms with Crippen molar-refractivity contribution in [1.29, 1.82) is 0 Å². The minimum absolute atomic E-state index is 0.974. The zero-order valence-electron chi connectivity index (χ0n) is 25.6. The van der Waals surface area contributed by atoms with Crippen molar-refractivity contribution in [2.75, 3.05) is 44.2 Å². The van der Waals surface area contributed by atoms with E-state index in [4.69, 9.17) is 0 Å². The number of para-hydroxylation sites is 2. The van der Waals surface area contributed by atoms with Gasteiger partial charge in [0, 0.05) is 86.5 Å². The minimum atomic E-state index is 0.974. The number of hydrogen-bond donors (Lipinski definition) is 4. The first-order valence-electron chi connectivity index (χ1n) is 15.8. The third-order valence-electron chi connectivity index (χ3n) is 8.41. The van der Waals surface area contributed by atoms with E-state index in [1.165, 1.54) is 63.8 Å². The van der Waals surface area contributed by atoms with Crippen LogP contribution >= 0.6 is 23.5 Å². The van der Waals surface area contributed by atoms with Crippen molar-refractivity contribution in [2.24, 2.45) is 0 Å². The van der Waals surface area contributed by atoms with E-state index in [1.54, 1.807) is 0 Å². The molecule has 4 N–H and O–H groups in total. The normalized spacial score (nSPS) is 15.1. The van der Waals surface area contributed by atoms with Crippen LogP contribution in [0.4, 0.5) is 5.69 Å². The lowest BCUT2D eigenvalue weighted by molar-refractivity contribution is 0.587. The van der Waals surface area contributed by atoms with E-state index in [9.17, 15) is 0 Å². The number of aromatic amines is 2. The van der Waals surface area contributed by atoms with Crippen LogP contribution in [0.15, 0.2) is 129 Å². The fourth-order valence-corrected chi connectivity index (χ4v) is 8.25. The molecule has 2 aliphatic rings. The molecule has 228 valence electrons. The average Bonchev–Trinajstić information content (AvgIpc) is 3.70. The molecule has 6 aromatic rings. The molecule has 1 saturated heterocycles. The molecule has 0 saturated carbocycles. The zero-order valence-corrected chi connectivity index (χ0v) is 27.2. The summed E-state index contributed by atoms with van der Waals surface area (Å²) in [5.74, 6) is 0. The topological polar surface area (TPSA) is 58.9 Å². The molecule has 8 rings (SSSR count). The largest absolute Gasteiger partial charge is 0.368 e. The molecule has 4 heterocycles. The predicted molar refractivity (Wildman–Crippen MR) is 193 cm³/mol. The molecule has 0 atom stereocenters. The van der Waals surface area contributed by atoms with Crippen LogP contribution in [0.1, 0.15) is 17.5 Å². The Morgan fingerprint density at radius 2 is 1.31 bits per heavy atom. The third-order valence-corrected chi connectivity index (χ3v) is 10.7. The van der Waals surface area contributed by atoms with Gasteiger partial charge in [-0.1, -0.05) is 90.3 Å². The maximum absolute atomic E-state index is 3.43. The van der Waals surface area contributed by atoms with E-state index < -0.39 is 0 Å². The third kappa shape index (κ3) is 6.87. The molecule has 1 fully saturated rings. The second-order valence-corrected chi connectivity index (χ2v) is 13.7. The Hall–Kier alpha value is -3.88. The van der Waals surface area contributed by atoms with Gasteiger partial charge in [0.05, 0.1) is 5.69 Å². The zero-order chi connectivity index (χ0) is 30.4. The quantitative estimate of drug-likeness (QED) is 0.148. The Morgan fingerprint density at radius 1 is 0.622 bits per heavy atom. The summed E-state index contributed by atoms with van der Waals surface area (Å²) in [4.78, 5) is 14.5. The fraction of sp³-hybridized carbons (Fsp3) is 0.211. The fourth-order valence-electron chi connectivity index (χ4n) is 6.06. The Labute approximate surface area is 273 Å². The maximum atomic E-state index is 3.43. The Kier molecular flexibility index (Phi) is 9.30. The van der Waals surface area contributed by atoms with Crippen LogP contribution in [0.5, 0.6) is 0 Å². The van der Waals surface area contributed by atoms with Crippen molar-refractivity contribution in [3.63, 3.8) is 0 Å². The second kappa shape index (κ2) is 14.0. The number of benzene rings is 4. The second-order valence-electron chi connectivity index (χ2n) is 11.5. The van der Waals surface area contributed by atoms with Gasteiger partial charge in [0.1, 0.15) is 0 Å². The molecular weight excluding hydrogens is 591 g/mol. The first-order chi connectivity index (χ1) is 22.2. The monoisotopic (exact) mass is 629 g/mol. The average molecular weight is 630 g/mol. The maximum Gasteiger partial charge on any atom is 0.0508 e. The number of nitrogens with one attached hydrogen (secondary N) is 4. The minimum Gasteiger partial charge on any atom is -0.368 e. The summed E-state index contributed by atoms with van der Waals surface area (Å²) in [5, 5.41) is 9.41. The lowest BCUT2D eigenvalue weighted by Crippen LogP contribution is -2.43. The smallest absolute Gasteiger partial charge is 0.0508 e. The number of piperazine rings is 1. The highest BCUT2D eigenvalue weighted by atomic mass is 32.2. The lowest BCUT2D eigenvalue weighted by atomic mass is 10.0. The van der Waals surface area contributed by atoms with Crippen molar-refractivity contribution in [3.05, 3.63) is 121 Å². The number of aromatic nitrogens is 2. The summed E-state index contributed by atoms with van der Waals surface area (Å²) in [6.07, 6.45) is 7.66. The van der Waals surface area contributed by atoms with Crippen LogP contribution in [-0.4, -0.2) is 49.2 Å². The van der Waals surface area contributed by atoms with Crippen molar-refractivity contribution in [3.8, 4) is 0 Å². The van der Waals surface area contributed by atoms with Gasteiger partial charge < -0.3 is 25.5 Å². The van der Waals surface area contributed by atoms with Crippen LogP contribution < -0.4 is 15.5 Å². The number of hydrogen-bond acceptors (Lipinski definition) is 5. The van der Waals surface area contributed by atoms with Gasteiger partial charge in [-0.3, -0.25) is 0 Å². The number of anilines is 1. The van der Waals surface area contributed by atoms with Crippen LogP contribution in [0.3, 0.4) is 0 Å². The number of aryl methyl sites for hydroxylation is 1. The number of fused-ring (bicyclic) bond motifs is 2. The van der Waals surface area contributed by atoms with Gasteiger partial charge in [-0.2, -0.15) is 0 Å². The lowest BCUT2D eigenvalue weighted by Gasteiger charge is -2.30. The number of H-pyrrole nitrogens is 2. The van der Waals surface area contributed by atoms with E-state index in [2.05, 4.69) is 142 Å². The molecule has 5 nitrogen and oxygen atoms in total. The molecular formula is C38H39N5S2. The van der Waals surface area contributed by atoms with Gasteiger partial charge >= 0.3 is 0 Å². The van der Waals surface area contributed by atoms with E-state index in [0.29, 0.717) is 0 Å². The van der Waals surface area contributed by atoms with Gasteiger partial charge in [-0.05, 0) is 66.9 Å². The first-order valence-corrected chi connectivity index (χ1v) is 17.4. The van der Waals surface area contributed by atoms with Gasteiger partial charge in [-0.15, -0.1) is 0 Å². The van der Waals surface area contributed by atoms with E-state index in [1.807, 2.05) is 23.5 Å². The Balaban J connectivity index is 0.000000145. The van der Waals surface area contributed by atoms with Crippen molar-refractivity contribution >= 4 is 56.6 Å². The van der Waals surface area contributed by atoms with E-state index >= 15 is 0 Å². The van der Waals surface area contributed by atoms with Crippen LogP contribution in [0, 0.1) is 6.92 Å². The Bertz CT molecular complexity index is 1930. The number of rotatable bonds is 6. The molecule has 2 aliphatic heterocycles. The highest BCUT2D eigenvalue weighted by Crippen LogP contribution is 2.40. The highest BCUT2D eigenvalue weighted by molar-refractivity contribution is 8.00. The Morgan fingerprint density at radius 3 is 2.13 bits per heavy atom. The molecule has 0 amide bonds. The molecule has 4 aromatic carbocycles. The SMILES string of the molecule is C1=C(c2ccccc2Sc2c[nH]c3ccccc23)CCNC1.Cc1ccc2c(Sc3ccccc3N3CCNCC3)c[nH]c2c1. The van der Waals surface area contributed by atoms with Crippen molar-refractivity contribution in [2.45, 2.75) is 32.9 Å². The molecule has 0 unspecified atom stereocenters. The standard InChI is InChI=1S/C19H21N3S.C19H18N2S/c1-14-6-7-15-16(12-14)21-13-19(15)23-18-5-3-2-4-17(18)22-10-8-20-9-11-22;1-3-7-17-16(6-1)19(13-21-17)22-18-8-4-2-5-15(18)14-9-11-20-12-10-14/h2-7,12-13,20-21H,8-11H2,1H3;1-9,13,20-21H,10-12H2. The predicted octanol–water partition coefficient (Wildman–Crippen LogP) is 8.73. The molecule has 0 bridgehead atoms. The summed E-state index contributed by atoms with van der Waals surface area (Å²) in [7, 11) is 0. The van der Waals surface area contributed by atoms with Crippen LogP contribution in [0.2, 0.25) is 0 Å². The van der Waals surface area contributed by atoms with Crippen molar-refractivity contribution < 1.29 is 0 Å². The molecule has 2 aromatic heterocycles. The molecule has 7 heteroatoms. The molecule has 0 aliphatic carbocycles. The summed E-state index contributed by atoms with van der Waals surface area (Å²) < 4.78 is 0. The van der Waals surface area contributed by atoms with Crippen LogP contribution in [0.25, 0.3) is 27.4 Å². The van der Waals surface area contributed by atoms with Gasteiger partial charge in [0.25, 0.3) is 0 Å². The van der Waals surface area contributed by atoms with Crippen LogP contribution in [-0.2, 0) is 0 Å². The summed E-state index contributed by atoms with van der Waals surface area (Å²) in [6.45, 7) is 8.44. The molecule has 45 heavy (non-hydrogen) atoms. The van der Waals surface area contributed by atoms with Crippen molar-refractivity contribution in [1.82, 2.24) is 20.6 Å². The van der Waals surface area contributed by atoms with E-state index in [-0.39, 0.29) is 0 Å². The summed E-state index contributed by atoms with van der Waals surface area (Å²) in [6, 6.07) is 32.6. The summed E-state index contributed by atoms with van der Waals surface area (Å²) >= 11 is 3.71. The van der Waals surface area contributed by atoms with E-state index in [0.717, 1.165) is 45.7 Å². The highest BCUT2D eigenvalue weighted by Gasteiger charge is 2.16. The first kappa shape index (κ1) is 29.8. The van der Waals surface area contributed by atoms with Gasteiger partial charge in [-0.25, -0.2) is 0 Å². The summed E-state index contributed by atoms with van der Waals surface area (Å²) in [5.41, 5.74) is 7.88. The number of nitrogens with zero attached hydrogens (tertiary/aromatic N) is 1. The molecule has 0 spiro atoms.